The molecule has 0 radical (unpaired) electrons. The second-order valence-corrected chi connectivity index (χ2v) is 5.12. The number of hydrogen-bond acceptors (Lipinski definition) is 2. The van der Waals surface area contributed by atoms with Crippen molar-refractivity contribution in [3.05, 3.63) is 58.9 Å². The molecule has 0 spiro atoms. The molecule has 0 fully saturated rings. The van der Waals surface area contributed by atoms with Crippen LogP contribution >= 0.6 is 11.6 Å². The third-order valence-electron chi connectivity index (χ3n) is 3.53. The van der Waals surface area contributed by atoms with Gasteiger partial charge in [-0.15, -0.1) is 0 Å². The van der Waals surface area contributed by atoms with E-state index in [9.17, 15) is 0 Å². The summed E-state index contributed by atoms with van der Waals surface area (Å²) in [6.45, 7) is 2.57. The Morgan fingerprint density at radius 3 is 2.60 bits per heavy atom. The van der Waals surface area contributed by atoms with Gasteiger partial charge in [0.15, 0.2) is 5.65 Å². The lowest BCUT2D eigenvalue weighted by Crippen LogP contribution is -2.02. The van der Waals surface area contributed by atoms with Crippen LogP contribution in [0.15, 0.2) is 42.6 Å². The van der Waals surface area contributed by atoms with Crippen molar-refractivity contribution in [3.8, 4) is 11.3 Å². The summed E-state index contributed by atoms with van der Waals surface area (Å²) in [6, 6.07) is 12.2. The molecule has 4 heteroatoms. The van der Waals surface area contributed by atoms with E-state index in [1.807, 2.05) is 22.7 Å². The average Bonchev–Trinajstić information content (AvgIpc) is 2.87. The number of rotatable bonds is 3. The number of nitrogens with zero attached hydrogens (tertiary/aromatic N) is 2. The van der Waals surface area contributed by atoms with E-state index >= 15 is 0 Å². The standard InChI is InChI=1S/C16H16ClN3/c1-2-11-5-7-12(8-6-11)15-14(10-18)20-9-3-4-13(17)16(20)19-15/h3-9H,2,10,18H2,1H3. The first kappa shape index (κ1) is 13.2. The molecule has 3 aromatic rings. The SMILES string of the molecule is CCc1ccc(-c2nc3c(Cl)cccn3c2CN)cc1. The lowest BCUT2D eigenvalue weighted by molar-refractivity contribution is 0.962. The molecule has 0 atom stereocenters. The summed E-state index contributed by atoms with van der Waals surface area (Å²) in [5.41, 5.74) is 10.9. The first-order chi connectivity index (χ1) is 9.74. The molecule has 102 valence electrons. The fourth-order valence-electron chi connectivity index (χ4n) is 2.41. The normalized spacial score (nSPS) is 11.2. The molecule has 0 saturated carbocycles. The van der Waals surface area contributed by atoms with Gasteiger partial charge in [0.1, 0.15) is 0 Å². The molecule has 1 aromatic carbocycles. The Morgan fingerprint density at radius 2 is 1.95 bits per heavy atom. The molecule has 0 aliphatic heterocycles. The van der Waals surface area contributed by atoms with Crippen LogP contribution in [-0.2, 0) is 13.0 Å². The van der Waals surface area contributed by atoms with Crippen molar-refractivity contribution in [1.29, 1.82) is 0 Å². The molecule has 0 aliphatic carbocycles. The maximum absolute atomic E-state index is 6.21. The summed E-state index contributed by atoms with van der Waals surface area (Å²) in [5, 5.41) is 0.638. The van der Waals surface area contributed by atoms with Crippen molar-refractivity contribution in [2.45, 2.75) is 19.9 Å². The van der Waals surface area contributed by atoms with Crippen LogP contribution in [0.5, 0.6) is 0 Å². The molecule has 20 heavy (non-hydrogen) atoms. The third kappa shape index (κ3) is 2.09. The molecule has 0 aliphatic rings. The third-order valence-corrected chi connectivity index (χ3v) is 3.83. The fraction of sp³-hybridized carbons (Fsp3) is 0.188. The number of aromatic nitrogens is 2. The molecule has 0 amide bonds. The van der Waals surface area contributed by atoms with Gasteiger partial charge >= 0.3 is 0 Å². The summed E-state index contributed by atoms with van der Waals surface area (Å²) in [7, 11) is 0. The van der Waals surface area contributed by atoms with Gasteiger partial charge in [-0.25, -0.2) is 4.98 Å². The second kappa shape index (κ2) is 5.27. The van der Waals surface area contributed by atoms with Gasteiger partial charge in [-0.3, -0.25) is 0 Å². The van der Waals surface area contributed by atoms with Crippen LogP contribution in [0, 0.1) is 0 Å². The monoisotopic (exact) mass is 285 g/mol. The first-order valence-corrected chi connectivity index (χ1v) is 7.07. The summed E-state index contributed by atoms with van der Waals surface area (Å²) in [5.74, 6) is 0. The van der Waals surface area contributed by atoms with Gasteiger partial charge in [-0.05, 0) is 24.1 Å². The molecule has 0 saturated heterocycles. The number of imidazole rings is 1. The first-order valence-electron chi connectivity index (χ1n) is 6.69. The van der Waals surface area contributed by atoms with Crippen molar-refractivity contribution < 1.29 is 0 Å². The molecule has 2 N–H and O–H groups in total. The highest BCUT2D eigenvalue weighted by Crippen LogP contribution is 2.27. The van der Waals surface area contributed by atoms with E-state index in [-0.39, 0.29) is 0 Å². The van der Waals surface area contributed by atoms with Crippen LogP contribution in [0.4, 0.5) is 0 Å². The van der Waals surface area contributed by atoms with Gasteiger partial charge in [0.2, 0.25) is 0 Å². The fourth-order valence-corrected chi connectivity index (χ4v) is 2.61. The molecular weight excluding hydrogens is 270 g/mol. The van der Waals surface area contributed by atoms with Crippen molar-refractivity contribution in [3.63, 3.8) is 0 Å². The van der Waals surface area contributed by atoms with Crippen LogP contribution < -0.4 is 5.73 Å². The van der Waals surface area contributed by atoms with Crippen molar-refractivity contribution in [2.75, 3.05) is 0 Å². The van der Waals surface area contributed by atoms with E-state index in [2.05, 4.69) is 36.2 Å². The van der Waals surface area contributed by atoms with Crippen LogP contribution in [0.2, 0.25) is 5.02 Å². The molecule has 0 bridgehead atoms. The van der Waals surface area contributed by atoms with Gasteiger partial charge < -0.3 is 10.1 Å². The number of halogens is 1. The molecule has 0 unspecified atom stereocenters. The summed E-state index contributed by atoms with van der Waals surface area (Å²) >= 11 is 6.21. The van der Waals surface area contributed by atoms with Crippen molar-refractivity contribution >= 4 is 17.2 Å². The zero-order chi connectivity index (χ0) is 14.1. The average molecular weight is 286 g/mol. The second-order valence-electron chi connectivity index (χ2n) is 4.71. The van der Waals surface area contributed by atoms with E-state index in [0.717, 1.165) is 29.0 Å². The summed E-state index contributed by atoms with van der Waals surface area (Å²) < 4.78 is 1.96. The van der Waals surface area contributed by atoms with E-state index < -0.39 is 0 Å². The van der Waals surface area contributed by atoms with Gasteiger partial charge in [0.05, 0.1) is 16.4 Å². The maximum Gasteiger partial charge on any atom is 0.156 e. The minimum absolute atomic E-state index is 0.423. The summed E-state index contributed by atoms with van der Waals surface area (Å²) in [4.78, 5) is 4.66. The maximum atomic E-state index is 6.21. The minimum atomic E-state index is 0.423. The minimum Gasteiger partial charge on any atom is -0.325 e. The van der Waals surface area contributed by atoms with Gasteiger partial charge in [0, 0.05) is 18.3 Å². The van der Waals surface area contributed by atoms with Crippen molar-refractivity contribution in [2.24, 2.45) is 5.73 Å². The van der Waals surface area contributed by atoms with Gasteiger partial charge in [-0.2, -0.15) is 0 Å². The smallest absolute Gasteiger partial charge is 0.156 e. The summed E-state index contributed by atoms with van der Waals surface area (Å²) in [6.07, 6.45) is 2.97. The predicted octanol–water partition coefficient (Wildman–Crippen LogP) is 3.68. The number of nitrogens with two attached hydrogens (primary N) is 1. The number of fused-ring (bicyclic) bond motifs is 1. The zero-order valence-electron chi connectivity index (χ0n) is 11.3. The van der Waals surface area contributed by atoms with E-state index in [4.69, 9.17) is 17.3 Å². The largest absolute Gasteiger partial charge is 0.325 e. The van der Waals surface area contributed by atoms with E-state index in [1.165, 1.54) is 5.56 Å². The quantitative estimate of drug-likeness (QED) is 0.798. The van der Waals surface area contributed by atoms with Crippen LogP contribution in [-0.4, -0.2) is 9.38 Å². The lowest BCUT2D eigenvalue weighted by atomic mass is 10.1. The Kier molecular flexibility index (Phi) is 3.47. The Balaban J connectivity index is 2.21. The van der Waals surface area contributed by atoms with Crippen LogP contribution in [0.3, 0.4) is 0 Å². The van der Waals surface area contributed by atoms with Gasteiger partial charge in [0.25, 0.3) is 0 Å². The Hall–Kier alpha value is -1.84. The zero-order valence-corrected chi connectivity index (χ0v) is 12.1. The number of aryl methyl sites for hydroxylation is 1. The van der Waals surface area contributed by atoms with E-state index in [1.54, 1.807) is 0 Å². The lowest BCUT2D eigenvalue weighted by Gasteiger charge is -2.03. The topological polar surface area (TPSA) is 43.3 Å². The van der Waals surface area contributed by atoms with Gasteiger partial charge in [-0.1, -0.05) is 42.8 Å². The van der Waals surface area contributed by atoms with E-state index in [0.29, 0.717) is 11.6 Å². The molecule has 2 aromatic heterocycles. The van der Waals surface area contributed by atoms with Crippen molar-refractivity contribution in [1.82, 2.24) is 9.38 Å². The molecule has 3 rings (SSSR count). The highest BCUT2D eigenvalue weighted by molar-refractivity contribution is 6.33. The predicted molar refractivity (Wildman–Crippen MR) is 82.9 cm³/mol. The molecular formula is C16H16ClN3. The Bertz CT molecular complexity index is 744. The Labute approximate surface area is 123 Å². The Morgan fingerprint density at radius 1 is 1.20 bits per heavy atom. The molecule has 3 nitrogen and oxygen atoms in total. The van der Waals surface area contributed by atoms with Crippen LogP contribution in [0.1, 0.15) is 18.2 Å². The molecule has 2 heterocycles. The number of benzene rings is 1. The highest BCUT2D eigenvalue weighted by atomic mass is 35.5. The number of hydrogen-bond donors (Lipinski definition) is 1. The van der Waals surface area contributed by atoms with Crippen LogP contribution in [0.25, 0.3) is 16.9 Å². The number of pyridine rings is 1. The highest BCUT2D eigenvalue weighted by Gasteiger charge is 2.14.